The van der Waals surface area contributed by atoms with Crippen LogP contribution in [0.5, 0.6) is 0 Å². The number of nitrogens with one attached hydrogen (secondary N) is 1. The highest BCUT2D eigenvalue weighted by Gasteiger charge is 2.15. The lowest BCUT2D eigenvalue weighted by molar-refractivity contribution is 0.0889. The van der Waals surface area contributed by atoms with Gasteiger partial charge in [-0.3, -0.25) is 4.79 Å². The number of nitrogen functional groups attached to an aromatic ring is 1. The van der Waals surface area contributed by atoms with Gasteiger partial charge in [0.2, 0.25) is 0 Å². The zero-order valence-corrected chi connectivity index (χ0v) is 12.2. The first-order valence-corrected chi connectivity index (χ1v) is 6.86. The molecule has 0 fully saturated rings. The van der Waals surface area contributed by atoms with E-state index in [9.17, 15) is 4.79 Å². The topological polar surface area (TPSA) is 82.2 Å². The van der Waals surface area contributed by atoms with E-state index in [4.69, 9.17) is 10.5 Å². The van der Waals surface area contributed by atoms with Crippen molar-refractivity contribution in [3.05, 3.63) is 42.2 Å². The second-order valence-corrected chi connectivity index (χ2v) is 4.74. The molecule has 3 N–H and O–H groups in total. The fourth-order valence-electron chi connectivity index (χ4n) is 2.00. The fraction of sp³-hybridized carbons (Fsp3) is 0.333. The first-order chi connectivity index (χ1) is 10.2. The molecule has 2 aromatic rings. The highest BCUT2D eigenvalue weighted by atomic mass is 16.5. The van der Waals surface area contributed by atoms with Crippen molar-refractivity contribution in [2.24, 2.45) is 0 Å². The average molecular weight is 288 g/mol. The van der Waals surface area contributed by atoms with Crippen molar-refractivity contribution in [3.63, 3.8) is 0 Å². The number of para-hydroxylation sites is 2. The van der Waals surface area contributed by atoms with Crippen molar-refractivity contribution in [1.82, 2.24) is 15.1 Å². The minimum atomic E-state index is -0.216. The van der Waals surface area contributed by atoms with Crippen molar-refractivity contribution in [2.45, 2.75) is 19.4 Å². The number of carbonyl (C=O) groups excluding carboxylic acids is 1. The number of hydrogen-bond acceptors (Lipinski definition) is 4. The Morgan fingerprint density at radius 3 is 2.86 bits per heavy atom. The van der Waals surface area contributed by atoms with Gasteiger partial charge in [-0.15, -0.1) is 0 Å². The Hall–Kier alpha value is -2.34. The summed E-state index contributed by atoms with van der Waals surface area (Å²) in [6, 6.07) is 9.02. The van der Waals surface area contributed by atoms with Crippen molar-refractivity contribution in [2.75, 3.05) is 19.5 Å². The lowest BCUT2D eigenvalue weighted by Crippen LogP contribution is -2.37. The number of aromatic nitrogens is 2. The van der Waals surface area contributed by atoms with Crippen LogP contribution in [0.3, 0.4) is 0 Å². The van der Waals surface area contributed by atoms with Gasteiger partial charge in [0, 0.05) is 13.3 Å². The van der Waals surface area contributed by atoms with Gasteiger partial charge in [0.15, 0.2) is 5.69 Å². The maximum Gasteiger partial charge on any atom is 0.272 e. The number of rotatable bonds is 6. The van der Waals surface area contributed by atoms with Gasteiger partial charge in [-0.05, 0) is 24.6 Å². The molecule has 2 rings (SSSR count). The number of hydrogen-bond donors (Lipinski definition) is 2. The Morgan fingerprint density at radius 1 is 1.43 bits per heavy atom. The molecule has 0 saturated heterocycles. The van der Waals surface area contributed by atoms with E-state index in [1.54, 1.807) is 30.1 Å². The lowest BCUT2D eigenvalue weighted by Gasteiger charge is -2.14. The van der Waals surface area contributed by atoms with Gasteiger partial charge >= 0.3 is 0 Å². The number of nitrogens with zero attached hydrogens (tertiary/aromatic N) is 2. The Morgan fingerprint density at radius 2 is 2.19 bits per heavy atom. The van der Waals surface area contributed by atoms with E-state index in [2.05, 4.69) is 10.4 Å². The minimum absolute atomic E-state index is 0.0190. The van der Waals surface area contributed by atoms with E-state index in [0.717, 1.165) is 12.1 Å². The number of nitrogens with two attached hydrogens (primary N) is 1. The highest BCUT2D eigenvalue weighted by Crippen LogP contribution is 2.15. The molecule has 1 atom stereocenters. The normalized spacial score (nSPS) is 12.1. The first-order valence-electron chi connectivity index (χ1n) is 6.86. The smallest absolute Gasteiger partial charge is 0.272 e. The third kappa shape index (κ3) is 3.61. The quantitative estimate of drug-likeness (QED) is 0.791. The van der Waals surface area contributed by atoms with E-state index in [-0.39, 0.29) is 11.9 Å². The second-order valence-electron chi connectivity index (χ2n) is 4.74. The molecule has 0 aliphatic carbocycles. The number of amides is 1. The van der Waals surface area contributed by atoms with E-state index in [1.165, 1.54) is 0 Å². The van der Waals surface area contributed by atoms with Crippen LogP contribution in [-0.2, 0) is 4.74 Å². The summed E-state index contributed by atoms with van der Waals surface area (Å²) in [6.45, 7) is 2.47. The van der Waals surface area contributed by atoms with Crippen LogP contribution in [0.1, 0.15) is 23.8 Å². The maximum absolute atomic E-state index is 12.1. The number of methoxy groups -OCH3 is 1. The summed E-state index contributed by atoms with van der Waals surface area (Å²) >= 11 is 0. The molecule has 0 aliphatic heterocycles. The van der Waals surface area contributed by atoms with Crippen LogP contribution in [-0.4, -0.2) is 35.4 Å². The van der Waals surface area contributed by atoms with Gasteiger partial charge in [0.1, 0.15) is 0 Å². The molecule has 21 heavy (non-hydrogen) atoms. The van der Waals surface area contributed by atoms with E-state index in [1.807, 2.05) is 25.1 Å². The molecule has 6 nitrogen and oxygen atoms in total. The number of benzene rings is 1. The Balaban J connectivity index is 2.13. The van der Waals surface area contributed by atoms with Crippen LogP contribution >= 0.6 is 0 Å². The molecule has 0 bridgehead atoms. The second kappa shape index (κ2) is 6.90. The van der Waals surface area contributed by atoms with Crippen LogP contribution in [0.15, 0.2) is 36.5 Å². The SMILES string of the molecule is CCC(COC)NC(=O)c1ccn(-c2ccccc2N)n1. The molecular formula is C15H20N4O2. The Labute approximate surface area is 123 Å². The number of carbonyl (C=O) groups is 1. The average Bonchev–Trinajstić information content (AvgIpc) is 2.97. The standard InChI is InChI=1S/C15H20N4O2/c1-3-11(10-21-2)17-15(20)13-8-9-19(18-13)14-7-5-4-6-12(14)16/h4-9,11H,3,10,16H2,1-2H3,(H,17,20). The van der Waals surface area contributed by atoms with Crippen LogP contribution < -0.4 is 11.1 Å². The molecule has 0 radical (unpaired) electrons. The van der Waals surface area contributed by atoms with Gasteiger partial charge in [-0.2, -0.15) is 5.10 Å². The molecule has 1 amide bonds. The van der Waals surface area contributed by atoms with E-state index >= 15 is 0 Å². The van der Waals surface area contributed by atoms with Crippen LogP contribution in [0.4, 0.5) is 5.69 Å². The molecule has 0 saturated carbocycles. The number of anilines is 1. The first kappa shape index (κ1) is 15.1. The molecule has 1 aromatic heterocycles. The molecule has 1 aromatic carbocycles. The van der Waals surface area contributed by atoms with Crippen molar-refractivity contribution < 1.29 is 9.53 Å². The molecule has 0 spiro atoms. The van der Waals surface area contributed by atoms with E-state index < -0.39 is 0 Å². The Bertz CT molecular complexity index is 609. The highest BCUT2D eigenvalue weighted by molar-refractivity contribution is 5.92. The Kier molecular flexibility index (Phi) is 4.94. The van der Waals surface area contributed by atoms with Gasteiger partial charge < -0.3 is 15.8 Å². The van der Waals surface area contributed by atoms with Crippen LogP contribution in [0.2, 0.25) is 0 Å². The molecular weight excluding hydrogens is 268 g/mol. The zero-order chi connectivity index (χ0) is 15.2. The lowest BCUT2D eigenvalue weighted by atomic mass is 10.2. The predicted octanol–water partition coefficient (Wildman–Crippen LogP) is 1.61. The monoisotopic (exact) mass is 288 g/mol. The molecule has 1 unspecified atom stereocenters. The van der Waals surface area contributed by atoms with Gasteiger partial charge in [-0.25, -0.2) is 4.68 Å². The zero-order valence-electron chi connectivity index (χ0n) is 12.2. The molecule has 1 heterocycles. The van der Waals surface area contributed by atoms with Crippen molar-refractivity contribution >= 4 is 11.6 Å². The summed E-state index contributed by atoms with van der Waals surface area (Å²) in [4.78, 5) is 12.1. The third-order valence-electron chi connectivity index (χ3n) is 3.20. The van der Waals surface area contributed by atoms with E-state index in [0.29, 0.717) is 18.0 Å². The summed E-state index contributed by atoms with van der Waals surface area (Å²) in [6.07, 6.45) is 2.52. The van der Waals surface area contributed by atoms with Crippen molar-refractivity contribution in [3.8, 4) is 5.69 Å². The maximum atomic E-state index is 12.1. The third-order valence-corrected chi connectivity index (χ3v) is 3.20. The van der Waals surface area contributed by atoms with Crippen molar-refractivity contribution in [1.29, 1.82) is 0 Å². The molecule has 112 valence electrons. The van der Waals surface area contributed by atoms with Crippen LogP contribution in [0, 0.1) is 0 Å². The molecule has 0 aliphatic rings. The minimum Gasteiger partial charge on any atom is -0.397 e. The number of ether oxygens (including phenoxy) is 1. The van der Waals surface area contributed by atoms with Gasteiger partial charge in [0.05, 0.1) is 24.0 Å². The van der Waals surface area contributed by atoms with Gasteiger partial charge in [-0.1, -0.05) is 19.1 Å². The summed E-state index contributed by atoms with van der Waals surface area (Å²) in [7, 11) is 1.61. The summed E-state index contributed by atoms with van der Waals surface area (Å²) in [5.74, 6) is -0.216. The largest absolute Gasteiger partial charge is 0.397 e. The summed E-state index contributed by atoms with van der Waals surface area (Å²) in [5.41, 5.74) is 7.62. The predicted molar refractivity (Wildman–Crippen MR) is 81.4 cm³/mol. The molecule has 6 heteroatoms. The summed E-state index contributed by atoms with van der Waals surface area (Å²) < 4.78 is 6.66. The van der Waals surface area contributed by atoms with Crippen LogP contribution in [0.25, 0.3) is 5.69 Å². The fourth-order valence-corrected chi connectivity index (χ4v) is 2.00. The van der Waals surface area contributed by atoms with Gasteiger partial charge in [0.25, 0.3) is 5.91 Å². The summed E-state index contributed by atoms with van der Waals surface area (Å²) in [5, 5.41) is 7.16.